The molecule has 132 valence electrons. The minimum Gasteiger partial charge on any atom is -0.354 e. The molecule has 0 aromatic heterocycles. The zero-order valence-corrected chi connectivity index (χ0v) is 15.8. The number of rotatable bonds is 1. The van der Waals surface area contributed by atoms with Crippen LogP contribution in [-0.2, 0) is 9.54 Å². The van der Waals surface area contributed by atoms with E-state index in [4.69, 9.17) is 11.6 Å². The van der Waals surface area contributed by atoms with Gasteiger partial charge in [0.05, 0.1) is 5.69 Å². The molecular weight excluding hydrogens is 376 g/mol. The molecule has 2 aliphatic heterocycles. The van der Waals surface area contributed by atoms with Crippen LogP contribution in [0.3, 0.4) is 0 Å². The number of benzene rings is 3. The molecule has 0 saturated heterocycles. The number of carbonyl (C=O) groups excluding carboxylic acids is 1. The smallest absolute Gasteiger partial charge is 0.249 e. The standard InChI is InChI=1S/C22H15ClN2OS/c23-15-10-11-17-16(12-15)22(21(26)25-17)13-19(14-6-2-1-3-7-14)24-18-8-4-5-9-20(18)27-22/h1-13,24H,(H,25,26)/t22-/m1/s1. The van der Waals surface area contributed by atoms with Gasteiger partial charge in [0.25, 0.3) is 0 Å². The Bertz CT molecular complexity index is 1100. The number of fused-ring (bicyclic) bond motifs is 3. The van der Waals surface area contributed by atoms with Crippen LogP contribution in [0, 0.1) is 0 Å². The first-order valence-electron chi connectivity index (χ1n) is 8.60. The van der Waals surface area contributed by atoms with E-state index in [1.54, 1.807) is 6.07 Å². The first kappa shape index (κ1) is 16.5. The molecule has 5 rings (SSSR count). The lowest BCUT2D eigenvalue weighted by molar-refractivity contribution is -0.116. The summed E-state index contributed by atoms with van der Waals surface area (Å²) in [5.41, 5.74) is 4.60. The summed E-state index contributed by atoms with van der Waals surface area (Å²) in [6.45, 7) is 0. The van der Waals surface area contributed by atoms with Crippen molar-refractivity contribution in [1.29, 1.82) is 0 Å². The predicted molar refractivity (Wildman–Crippen MR) is 112 cm³/mol. The summed E-state index contributed by atoms with van der Waals surface area (Å²) in [6.07, 6.45) is 2.02. The molecule has 27 heavy (non-hydrogen) atoms. The quantitative estimate of drug-likeness (QED) is 0.556. The summed E-state index contributed by atoms with van der Waals surface area (Å²) >= 11 is 7.82. The van der Waals surface area contributed by atoms with E-state index >= 15 is 0 Å². The Morgan fingerprint density at radius 3 is 2.48 bits per heavy atom. The van der Waals surface area contributed by atoms with Crippen LogP contribution in [0.2, 0.25) is 5.02 Å². The Morgan fingerprint density at radius 2 is 1.63 bits per heavy atom. The molecule has 1 amide bonds. The Kier molecular flexibility index (Phi) is 3.78. The first-order valence-corrected chi connectivity index (χ1v) is 9.80. The fourth-order valence-corrected chi connectivity index (χ4v) is 5.03. The first-order chi connectivity index (χ1) is 13.2. The van der Waals surface area contributed by atoms with Crippen molar-refractivity contribution in [3.63, 3.8) is 0 Å². The molecule has 5 heteroatoms. The number of carbonyl (C=O) groups is 1. The third kappa shape index (κ3) is 2.64. The minimum atomic E-state index is -0.884. The molecule has 2 aliphatic rings. The highest BCUT2D eigenvalue weighted by molar-refractivity contribution is 8.01. The second-order valence-electron chi connectivity index (χ2n) is 6.53. The molecule has 1 atom stereocenters. The average molecular weight is 391 g/mol. The van der Waals surface area contributed by atoms with Gasteiger partial charge in [-0.05, 0) is 42.0 Å². The zero-order valence-electron chi connectivity index (χ0n) is 14.2. The second-order valence-corrected chi connectivity index (χ2v) is 8.25. The number of halogens is 1. The third-order valence-corrected chi connectivity index (χ3v) is 6.48. The number of para-hydroxylation sites is 1. The van der Waals surface area contributed by atoms with Crippen LogP contribution in [0.15, 0.2) is 83.8 Å². The summed E-state index contributed by atoms with van der Waals surface area (Å²) < 4.78 is -0.884. The number of amides is 1. The molecule has 0 fully saturated rings. The third-order valence-electron chi connectivity index (χ3n) is 4.83. The highest BCUT2D eigenvalue weighted by Crippen LogP contribution is 2.54. The molecule has 2 N–H and O–H groups in total. The van der Waals surface area contributed by atoms with Crippen LogP contribution >= 0.6 is 23.4 Å². The molecule has 0 radical (unpaired) electrons. The fourth-order valence-electron chi connectivity index (χ4n) is 3.53. The lowest BCUT2D eigenvalue weighted by Gasteiger charge is -2.23. The lowest BCUT2D eigenvalue weighted by atomic mass is 9.96. The van der Waals surface area contributed by atoms with Gasteiger partial charge in [0.1, 0.15) is 4.75 Å². The van der Waals surface area contributed by atoms with Crippen molar-refractivity contribution in [1.82, 2.24) is 0 Å². The molecule has 0 bridgehead atoms. The SMILES string of the molecule is O=C1Nc2ccc(Cl)cc2[C@]12C=C(c1ccccc1)Nc1ccccc1S2. The maximum Gasteiger partial charge on any atom is 0.249 e. The van der Waals surface area contributed by atoms with Gasteiger partial charge in [-0.2, -0.15) is 0 Å². The molecule has 3 aromatic carbocycles. The van der Waals surface area contributed by atoms with E-state index in [0.29, 0.717) is 5.02 Å². The van der Waals surface area contributed by atoms with Crippen LogP contribution in [0.25, 0.3) is 5.70 Å². The van der Waals surface area contributed by atoms with Gasteiger partial charge in [-0.25, -0.2) is 0 Å². The van der Waals surface area contributed by atoms with Crippen molar-refractivity contribution in [2.45, 2.75) is 9.64 Å². The summed E-state index contributed by atoms with van der Waals surface area (Å²) in [5, 5.41) is 7.16. The number of thioether (sulfide) groups is 1. The largest absolute Gasteiger partial charge is 0.354 e. The van der Waals surface area contributed by atoms with Crippen molar-refractivity contribution in [2.75, 3.05) is 10.6 Å². The Labute approximate surface area is 166 Å². The van der Waals surface area contributed by atoms with Crippen molar-refractivity contribution >= 4 is 46.3 Å². The summed E-state index contributed by atoms with van der Waals surface area (Å²) in [4.78, 5) is 14.2. The molecule has 3 aromatic rings. The van der Waals surface area contributed by atoms with Gasteiger partial charge in [0, 0.05) is 26.9 Å². The lowest BCUT2D eigenvalue weighted by Crippen LogP contribution is -2.29. The van der Waals surface area contributed by atoms with Crippen LogP contribution in [-0.4, -0.2) is 5.91 Å². The van der Waals surface area contributed by atoms with Crippen LogP contribution in [0.1, 0.15) is 11.1 Å². The van der Waals surface area contributed by atoms with Gasteiger partial charge in [-0.3, -0.25) is 4.79 Å². The molecule has 0 saturated carbocycles. The van der Waals surface area contributed by atoms with E-state index in [2.05, 4.69) is 10.6 Å². The van der Waals surface area contributed by atoms with Gasteiger partial charge >= 0.3 is 0 Å². The number of nitrogens with one attached hydrogen (secondary N) is 2. The average Bonchev–Trinajstić information content (AvgIpc) is 2.85. The van der Waals surface area contributed by atoms with E-state index in [0.717, 1.165) is 33.1 Å². The summed E-state index contributed by atoms with van der Waals surface area (Å²) in [5.74, 6) is -0.0586. The molecule has 0 unspecified atom stereocenters. The van der Waals surface area contributed by atoms with Crippen molar-refractivity contribution in [3.05, 3.63) is 95.0 Å². The van der Waals surface area contributed by atoms with Crippen LogP contribution in [0.4, 0.5) is 11.4 Å². The van der Waals surface area contributed by atoms with Gasteiger partial charge in [-0.15, -0.1) is 0 Å². The zero-order chi connectivity index (χ0) is 18.4. The number of anilines is 2. The monoisotopic (exact) mass is 390 g/mol. The van der Waals surface area contributed by atoms with Crippen LogP contribution in [0.5, 0.6) is 0 Å². The predicted octanol–water partition coefficient (Wildman–Crippen LogP) is 5.75. The van der Waals surface area contributed by atoms with E-state index in [1.807, 2.05) is 72.8 Å². The van der Waals surface area contributed by atoms with E-state index in [9.17, 15) is 4.79 Å². The Balaban J connectivity index is 1.79. The van der Waals surface area contributed by atoms with Gasteiger partial charge in [-0.1, -0.05) is 65.8 Å². The van der Waals surface area contributed by atoms with E-state index in [-0.39, 0.29) is 5.91 Å². The fraction of sp³-hybridized carbons (Fsp3) is 0.0455. The van der Waals surface area contributed by atoms with Gasteiger partial charge in [0.15, 0.2) is 0 Å². The minimum absolute atomic E-state index is 0.0586. The number of hydrogen-bond acceptors (Lipinski definition) is 3. The molecule has 3 nitrogen and oxygen atoms in total. The Morgan fingerprint density at radius 1 is 0.852 bits per heavy atom. The molecular formula is C22H15ClN2OS. The highest BCUT2D eigenvalue weighted by atomic mass is 35.5. The summed E-state index contributed by atoms with van der Waals surface area (Å²) in [7, 11) is 0. The highest BCUT2D eigenvalue weighted by Gasteiger charge is 2.48. The van der Waals surface area contributed by atoms with Crippen molar-refractivity contribution in [2.24, 2.45) is 0 Å². The van der Waals surface area contributed by atoms with Crippen LogP contribution < -0.4 is 10.6 Å². The number of hydrogen-bond donors (Lipinski definition) is 2. The maximum atomic E-state index is 13.2. The van der Waals surface area contributed by atoms with E-state index in [1.165, 1.54) is 11.8 Å². The topological polar surface area (TPSA) is 41.1 Å². The van der Waals surface area contributed by atoms with Crippen molar-refractivity contribution in [3.8, 4) is 0 Å². The normalized spacial score (nSPS) is 20.2. The molecule has 2 heterocycles. The van der Waals surface area contributed by atoms with Crippen molar-refractivity contribution < 1.29 is 4.79 Å². The molecule has 1 spiro atoms. The maximum absolute atomic E-state index is 13.2. The second kappa shape index (κ2) is 6.19. The van der Waals surface area contributed by atoms with Gasteiger partial charge < -0.3 is 10.6 Å². The Hall–Kier alpha value is -2.69. The molecule has 0 aliphatic carbocycles. The van der Waals surface area contributed by atoms with E-state index < -0.39 is 4.75 Å². The summed E-state index contributed by atoms with van der Waals surface area (Å²) in [6, 6.07) is 23.6. The van der Waals surface area contributed by atoms with Gasteiger partial charge in [0.2, 0.25) is 5.91 Å².